The molecule has 3 aromatic carbocycles. The second-order valence-corrected chi connectivity index (χ2v) is 8.64. The minimum atomic E-state index is -3.32. The van der Waals surface area contributed by atoms with Gasteiger partial charge in [-0.3, -0.25) is 0 Å². The van der Waals surface area contributed by atoms with Crippen molar-refractivity contribution in [3.63, 3.8) is 0 Å². The van der Waals surface area contributed by atoms with E-state index in [-0.39, 0.29) is 10.9 Å². The molecule has 4 aromatic rings. The summed E-state index contributed by atoms with van der Waals surface area (Å²) in [6.07, 6.45) is 1.20. The highest BCUT2D eigenvalue weighted by atomic mass is 32.2. The predicted molar refractivity (Wildman–Crippen MR) is 111 cm³/mol. The van der Waals surface area contributed by atoms with Gasteiger partial charge in [-0.1, -0.05) is 60.7 Å². The van der Waals surface area contributed by atoms with E-state index in [1.54, 1.807) is 18.2 Å². The van der Waals surface area contributed by atoms with Gasteiger partial charge in [0.15, 0.2) is 9.84 Å². The number of rotatable bonds is 6. The SMILES string of the molecule is CS(=O)(=O)c1cccc(C(Nc2noc(-c3ccccc3)n2)c2ccccc2)c1. The van der Waals surface area contributed by atoms with Gasteiger partial charge < -0.3 is 9.84 Å². The maximum absolute atomic E-state index is 12.0. The predicted octanol–water partition coefficient (Wildman–Crippen LogP) is 4.34. The maximum atomic E-state index is 12.0. The topological polar surface area (TPSA) is 85.1 Å². The Balaban J connectivity index is 1.71. The van der Waals surface area contributed by atoms with E-state index in [9.17, 15) is 8.42 Å². The summed E-state index contributed by atoms with van der Waals surface area (Å²) in [5.74, 6) is 0.729. The Morgan fingerprint density at radius 1 is 0.862 bits per heavy atom. The standard InChI is InChI=1S/C22H19N3O3S/c1-29(26,27)19-14-8-13-18(15-19)20(16-9-4-2-5-10-16)23-22-24-21(28-25-22)17-11-6-3-7-12-17/h2-15,20H,1H3,(H,23,25). The van der Waals surface area contributed by atoms with Crippen molar-refractivity contribution in [3.05, 3.63) is 96.1 Å². The summed E-state index contributed by atoms with van der Waals surface area (Å²) in [6.45, 7) is 0. The van der Waals surface area contributed by atoms with Gasteiger partial charge in [0.1, 0.15) is 0 Å². The number of anilines is 1. The lowest BCUT2D eigenvalue weighted by molar-refractivity contribution is 0.432. The largest absolute Gasteiger partial charge is 0.341 e. The van der Waals surface area contributed by atoms with Crippen LogP contribution in [0.4, 0.5) is 5.95 Å². The molecular formula is C22H19N3O3S. The number of aromatic nitrogens is 2. The number of sulfone groups is 1. The fourth-order valence-corrected chi connectivity index (χ4v) is 3.71. The zero-order valence-corrected chi connectivity index (χ0v) is 16.5. The van der Waals surface area contributed by atoms with Crippen molar-refractivity contribution in [2.45, 2.75) is 10.9 Å². The zero-order valence-electron chi connectivity index (χ0n) is 15.7. The van der Waals surface area contributed by atoms with Crippen LogP contribution in [0.5, 0.6) is 0 Å². The van der Waals surface area contributed by atoms with E-state index in [1.165, 1.54) is 6.26 Å². The van der Waals surface area contributed by atoms with Gasteiger partial charge in [-0.15, -0.1) is 0 Å². The van der Waals surface area contributed by atoms with Crippen LogP contribution < -0.4 is 5.32 Å². The Morgan fingerprint density at radius 3 is 2.21 bits per heavy atom. The molecule has 0 aliphatic heterocycles. The van der Waals surface area contributed by atoms with Crippen molar-refractivity contribution in [3.8, 4) is 11.5 Å². The molecule has 7 heteroatoms. The van der Waals surface area contributed by atoms with Gasteiger partial charge in [-0.05, 0) is 40.5 Å². The molecule has 0 aliphatic carbocycles. The van der Waals surface area contributed by atoms with Crippen LogP contribution in [-0.4, -0.2) is 24.8 Å². The molecule has 0 radical (unpaired) electrons. The highest BCUT2D eigenvalue weighted by Gasteiger charge is 2.19. The second-order valence-electron chi connectivity index (χ2n) is 6.62. The Hall–Kier alpha value is -3.45. The van der Waals surface area contributed by atoms with Gasteiger partial charge >= 0.3 is 0 Å². The Bertz CT molecular complexity index is 1210. The van der Waals surface area contributed by atoms with Gasteiger partial charge in [0.2, 0.25) is 0 Å². The first kappa shape index (κ1) is 18.9. The molecule has 0 saturated heterocycles. The fourth-order valence-electron chi connectivity index (χ4n) is 3.04. The first-order chi connectivity index (χ1) is 14.0. The van der Waals surface area contributed by atoms with Crippen LogP contribution >= 0.6 is 0 Å². The molecule has 0 bridgehead atoms. The zero-order chi connectivity index (χ0) is 20.3. The molecule has 0 spiro atoms. The molecule has 0 amide bonds. The van der Waals surface area contributed by atoms with Crippen molar-refractivity contribution < 1.29 is 12.9 Å². The summed E-state index contributed by atoms with van der Waals surface area (Å²) in [6, 6.07) is 25.7. The van der Waals surface area contributed by atoms with E-state index in [2.05, 4.69) is 15.5 Å². The van der Waals surface area contributed by atoms with Crippen LogP contribution in [0.2, 0.25) is 0 Å². The summed E-state index contributed by atoms with van der Waals surface area (Å²) in [5, 5.41) is 7.31. The van der Waals surface area contributed by atoms with Gasteiger partial charge in [0, 0.05) is 11.8 Å². The maximum Gasteiger partial charge on any atom is 0.264 e. The van der Waals surface area contributed by atoms with Gasteiger partial charge in [0.25, 0.3) is 11.8 Å². The minimum Gasteiger partial charge on any atom is -0.341 e. The third-order valence-corrected chi connectivity index (χ3v) is 5.58. The van der Waals surface area contributed by atoms with E-state index in [0.717, 1.165) is 16.7 Å². The van der Waals surface area contributed by atoms with E-state index in [4.69, 9.17) is 4.52 Å². The van der Waals surface area contributed by atoms with E-state index < -0.39 is 9.84 Å². The fraction of sp³-hybridized carbons (Fsp3) is 0.0909. The molecule has 29 heavy (non-hydrogen) atoms. The lowest BCUT2D eigenvalue weighted by Crippen LogP contribution is -2.14. The number of hydrogen-bond donors (Lipinski definition) is 1. The third kappa shape index (κ3) is 4.35. The molecule has 1 heterocycles. The van der Waals surface area contributed by atoms with Crippen molar-refractivity contribution in [1.29, 1.82) is 0 Å². The summed E-state index contributed by atoms with van der Waals surface area (Å²) < 4.78 is 29.4. The molecule has 0 aliphatic rings. The number of nitrogens with zero attached hydrogens (tertiary/aromatic N) is 2. The lowest BCUT2D eigenvalue weighted by Gasteiger charge is -2.19. The first-order valence-corrected chi connectivity index (χ1v) is 10.9. The van der Waals surface area contributed by atoms with Gasteiger partial charge in [-0.2, -0.15) is 4.98 Å². The van der Waals surface area contributed by atoms with Crippen molar-refractivity contribution in [2.75, 3.05) is 11.6 Å². The Morgan fingerprint density at radius 2 is 1.52 bits per heavy atom. The Kier molecular flexibility index (Phi) is 5.14. The third-order valence-electron chi connectivity index (χ3n) is 4.47. The molecule has 0 fully saturated rings. The van der Waals surface area contributed by atoms with Crippen LogP contribution in [0.25, 0.3) is 11.5 Å². The molecular weight excluding hydrogens is 386 g/mol. The highest BCUT2D eigenvalue weighted by molar-refractivity contribution is 7.90. The molecule has 4 rings (SSSR count). The number of hydrogen-bond acceptors (Lipinski definition) is 6. The van der Waals surface area contributed by atoms with Crippen molar-refractivity contribution >= 4 is 15.8 Å². The van der Waals surface area contributed by atoms with E-state index in [1.807, 2.05) is 66.7 Å². The van der Waals surface area contributed by atoms with Gasteiger partial charge in [0.05, 0.1) is 10.9 Å². The Labute approximate surface area is 169 Å². The van der Waals surface area contributed by atoms with Crippen LogP contribution in [0.1, 0.15) is 17.2 Å². The monoisotopic (exact) mass is 405 g/mol. The second kappa shape index (κ2) is 7.89. The minimum absolute atomic E-state index is 0.260. The molecule has 1 N–H and O–H groups in total. The lowest BCUT2D eigenvalue weighted by atomic mass is 9.99. The molecule has 146 valence electrons. The molecule has 1 unspecified atom stereocenters. The summed E-state index contributed by atoms with van der Waals surface area (Å²) in [4.78, 5) is 4.70. The highest BCUT2D eigenvalue weighted by Crippen LogP contribution is 2.28. The van der Waals surface area contributed by atoms with Crippen LogP contribution in [-0.2, 0) is 9.84 Å². The van der Waals surface area contributed by atoms with Gasteiger partial charge in [-0.25, -0.2) is 8.42 Å². The molecule has 1 atom stereocenters. The molecule has 6 nitrogen and oxygen atoms in total. The first-order valence-electron chi connectivity index (χ1n) is 9.01. The smallest absolute Gasteiger partial charge is 0.264 e. The van der Waals surface area contributed by atoms with Crippen LogP contribution in [0.3, 0.4) is 0 Å². The van der Waals surface area contributed by atoms with Crippen LogP contribution in [0, 0.1) is 0 Å². The average molecular weight is 405 g/mol. The molecule has 1 aromatic heterocycles. The quantitative estimate of drug-likeness (QED) is 0.514. The number of benzene rings is 3. The van der Waals surface area contributed by atoms with Crippen LogP contribution in [0.15, 0.2) is 94.3 Å². The van der Waals surface area contributed by atoms with E-state index >= 15 is 0 Å². The summed E-state index contributed by atoms with van der Waals surface area (Å²) in [7, 11) is -3.32. The van der Waals surface area contributed by atoms with Crippen molar-refractivity contribution in [2.24, 2.45) is 0 Å². The average Bonchev–Trinajstić information content (AvgIpc) is 3.22. The summed E-state index contributed by atoms with van der Waals surface area (Å²) >= 11 is 0. The van der Waals surface area contributed by atoms with Crippen molar-refractivity contribution in [1.82, 2.24) is 10.1 Å². The summed E-state index contributed by atoms with van der Waals surface area (Å²) in [5.41, 5.74) is 2.55. The molecule has 0 saturated carbocycles. The van der Waals surface area contributed by atoms with E-state index in [0.29, 0.717) is 11.8 Å². The normalized spacial score (nSPS) is 12.4. The number of nitrogens with one attached hydrogen (secondary N) is 1.